The number of rotatable bonds is 8. The van der Waals surface area contributed by atoms with E-state index in [0.29, 0.717) is 18.3 Å². The van der Waals surface area contributed by atoms with E-state index in [2.05, 4.69) is 46.8 Å². The van der Waals surface area contributed by atoms with Crippen molar-refractivity contribution in [3.8, 4) is 0 Å². The van der Waals surface area contributed by atoms with Crippen molar-refractivity contribution < 1.29 is 35.4 Å². The lowest BCUT2D eigenvalue weighted by Gasteiger charge is -2.56. The molecule has 3 fully saturated rings. The Kier molecular flexibility index (Phi) is 8.93. The monoisotopic (exact) mass is 496 g/mol. The molecule has 0 saturated heterocycles. The molecule has 0 aliphatic heterocycles. The molecule has 202 valence electrons. The highest BCUT2D eigenvalue weighted by atomic mass is 16.4. The van der Waals surface area contributed by atoms with Gasteiger partial charge in [0.2, 0.25) is 0 Å². The lowest BCUT2D eigenvalue weighted by Crippen LogP contribution is -2.67. The Hall–Kier alpha value is -0.830. The number of hydrogen-bond donors (Lipinski definition) is 6. The zero-order valence-corrected chi connectivity index (χ0v) is 22.0. The van der Waals surface area contributed by atoms with Gasteiger partial charge in [-0.3, -0.25) is 4.79 Å². The van der Waals surface area contributed by atoms with Gasteiger partial charge in [-0.15, -0.1) is 0 Å². The normalized spacial score (nSPS) is 46.2. The van der Waals surface area contributed by atoms with Gasteiger partial charge in [-0.25, -0.2) is 0 Å². The highest BCUT2D eigenvalue weighted by molar-refractivity contribution is 5.89. The maximum absolute atomic E-state index is 14.1. The Morgan fingerprint density at radius 1 is 0.971 bits per heavy atom. The molecule has 3 saturated carbocycles. The topological polar surface area (TPSA) is 138 Å². The summed E-state index contributed by atoms with van der Waals surface area (Å²) in [5.74, 6) is -0.373. The van der Waals surface area contributed by atoms with Crippen molar-refractivity contribution in [2.45, 2.75) is 91.1 Å². The van der Waals surface area contributed by atoms with Gasteiger partial charge >= 0.3 is 0 Å². The van der Waals surface area contributed by atoms with Crippen LogP contribution < -0.4 is 0 Å². The molecule has 0 spiro atoms. The summed E-state index contributed by atoms with van der Waals surface area (Å²) in [6.07, 6.45) is 1.35. The van der Waals surface area contributed by atoms with Crippen LogP contribution in [0.4, 0.5) is 0 Å². The second-order valence-electron chi connectivity index (χ2n) is 12.5. The predicted molar refractivity (Wildman–Crippen MR) is 133 cm³/mol. The van der Waals surface area contributed by atoms with Crippen LogP contribution in [0.25, 0.3) is 0 Å². The smallest absolute Gasteiger partial charge is 0.145 e. The van der Waals surface area contributed by atoms with E-state index < -0.39 is 48.3 Å². The number of hydrogen-bond acceptors (Lipinski definition) is 7. The Bertz CT molecular complexity index is 768. The van der Waals surface area contributed by atoms with Crippen molar-refractivity contribution in [1.82, 2.24) is 0 Å². The van der Waals surface area contributed by atoms with Gasteiger partial charge in [-0.2, -0.15) is 0 Å². The fourth-order valence-corrected chi connectivity index (χ4v) is 7.87. The molecule has 0 amide bonds. The maximum Gasteiger partial charge on any atom is 0.145 e. The number of ketones is 1. The Labute approximate surface area is 210 Å². The zero-order chi connectivity index (χ0) is 26.3. The van der Waals surface area contributed by atoms with Crippen molar-refractivity contribution in [2.75, 3.05) is 13.2 Å². The van der Waals surface area contributed by atoms with Gasteiger partial charge in [-0.1, -0.05) is 46.8 Å². The summed E-state index contributed by atoms with van der Waals surface area (Å²) in [6.45, 7) is 10.4. The Morgan fingerprint density at radius 2 is 1.63 bits per heavy atom. The third-order valence-corrected chi connectivity index (χ3v) is 10.4. The van der Waals surface area contributed by atoms with Crippen molar-refractivity contribution in [1.29, 1.82) is 0 Å². The summed E-state index contributed by atoms with van der Waals surface area (Å²) in [5, 5.41) is 62.8. The predicted octanol–water partition coefficient (Wildman–Crippen LogP) is 1.92. The fourth-order valence-electron chi connectivity index (χ4n) is 7.87. The lowest BCUT2D eigenvalue weighted by molar-refractivity contribution is -0.216. The van der Waals surface area contributed by atoms with Crippen molar-refractivity contribution in [3.05, 3.63) is 12.2 Å². The van der Waals surface area contributed by atoms with Gasteiger partial charge in [0.15, 0.2) is 0 Å². The molecule has 3 rings (SSSR count). The molecule has 12 atom stereocenters. The van der Waals surface area contributed by atoms with Crippen molar-refractivity contribution in [3.63, 3.8) is 0 Å². The van der Waals surface area contributed by atoms with Gasteiger partial charge in [-0.05, 0) is 67.1 Å². The second kappa shape index (κ2) is 10.9. The molecule has 0 bridgehead atoms. The third kappa shape index (κ3) is 4.89. The van der Waals surface area contributed by atoms with Crippen LogP contribution >= 0.6 is 0 Å². The zero-order valence-electron chi connectivity index (χ0n) is 22.0. The van der Waals surface area contributed by atoms with Crippen LogP contribution in [0.5, 0.6) is 0 Å². The number of carbonyl (C=O) groups is 1. The molecular weight excluding hydrogens is 448 g/mol. The van der Waals surface area contributed by atoms with Gasteiger partial charge in [0.25, 0.3) is 0 Å². The van der Waals surface area contributed by atoms with E-state index in [1.54, 1.807) is 0 Å². The van der Waals surface area contributed by atoms with E-state index in [1.807, 2.05) is 0 Å². The summed E-state index contributed by atoms with van der Waals surface area (Å²) in [5.41, 5.74) is -1.83. The first kappa shape index (κ1) is 28.7. The minimum absolute atomic E-state index is 0.00316. The number of Topliss-reactive ketones (excluding diaryl/α,β-unsaturated/α-hetero) is 1. The number of aliphatic hydroxyl groups is 6. The van der Waals surface area contributed by atoms with E-state index in [9.17, 15) is 35.4 Å². The molecule has 3 aliphatic rings. The number of allylic oxidation sites excluding steroid dienone is 2. The van der Waals surface area contributed by atoms with Gasteiger partial charge in [0, 0.05) is 18.4 Å². The van der Waals surface area contributed by atoms with Crippen LogP contribution in [-0.2, 0) is 4.79 Å². The number of fused-ring (bicyclic) bond motifs is 1. The summed E-state index contributed by atoms with van der Waals surface area (Å²) < 4.78 is 0. The second-order valence-corrected chi connectivity index (χ2v) is 12.5. The van der Waals surface area contributed by atoms with Crippen LogP contribution in [-0.4, -0.2) is 74.1 Å². The van der Waals surface area contributed by atoms with Gasteiger partial charge < -0.3 is 30.6 Å². The minimum atomic E-state index is -1.49. The largest absolute Gasteiger partial charge is 0.396 e. The van der Waals surface area contributed by atoms with E-state index >= 15 is 0 Å². The van der Waals surface area contributed by atoms with Crippen molar-refractivity contribution in [2.24, 2.45) is 52.3 Å². The molecule has 0 aromatic carbocycles. The first-order valence-electron chi connectivity index (χ1n) is 13.5. The first-order chi connectivity index (χ1) is 16.4. The molecule has 0 heterocycles. The molecule has 7 nitrogen and oxygen atoms in total. The average molecular weight is 497 g/mol. The highest BCUT2D eigenvalue weighted by Gasteiger charge is 2.65. The Balaban J connectivity index is 1.93. The third-order valence-electron chi connectivity index (χ3n) is 10.4. The maximum atomic E-state index is 14.1. The Morgan fingerprint density at radius 3 is 2.20 bits per heavy atom. The molecule has 0 aromatic rings. The SMILES string of the molecule is CC(C)[C@H](C)/C=C/[C@@H](C)[C@H]1CC[C@@H]([C@@H]2C[C@@H](O)[C@H]3[C@H](O)[C@H](O)[C@H](O)C[C@]3(CO)C2=O)[C@]1(C)CCO. The molecule has 6 N–H and O–H groups in total. The molecule has 7 heteroatoms. The molecule has 35 heavy (non-hydrogen) atoms. The highest BCUT2D eigenvalue weighted by Crippen LogP contribution is 2.60. The van der Waals surface area contributed by atoms with Crippen LogP contribution in [0.2, 0.25) is 0 Å². The van der Waals surface area contributed by atoms with E-state index in [0.717, 1.165) is 12.8 Å². The lowest BCUT2D eigenvalue weighted by atomic mass is 9.50. The standard InChI is InChI=1S/C28H48O7/c1-15(2)16(3)6-7-17(4)19-8-9-20(27(19,5)10-11-29)18-12-21(31)23-25(34)24(33)22(32)13-28(23,14-30)26(18)35/h6-7,15-25,29-34H,8-14H2,1-5H3/b7-6+/t16-,17-,18+,19-,20+,21-,22-,23+,24-,25+,27-,28-/m1/s1. The van der Waals surface area contributed by atoms with Crippen LogP contribution in [0, 0.1) is 52.3 Å². The summed E-state index contributed by atoms with van der Waals surface area (Å²) >= 11 is 0. The summed E-state index contributed by atoms with van der Waals surface area (Å²) in [6, 6.07) is 0. The molecule has 0 aromatic heterocycles. The van der Waals surface area contributed by atoms with Gasteiger partial charge in [0.05, 0.1) is 30.3 Å². The van der Waals surface area contributed by atoms with Crippen LogP contribution in [0.3, 0.4) is 0 Å². The summed E-state index contributed by atoms with van der Waals surface area (Å²) in [7, 11) is 0. The molecule has 3 aliphatic carbocycles. The van der Waals surface area contributed by atoms with Gasteiger partial charge in [0.1, 0.15) is 11.9 Å². The quantitative estimate of drug-likeness (QED) is 0.282. The average Bonchev–Trinajstić information content (AvgIpc) is 3.14. The molecular formula is C28H48O7. The molecule has 0 radical (unpaired) electrons. The van der Waals surface area contributed by atoms with E-state index in [1.165, 1.54) is 0 Å². The van der Waals surface area contributed by atoms with Crippen molar-refractivity contribution >= 4 is 5.78 Å². The van der Waals surface area contributed by atoms with Crippen LogP contribution in [0.1, 0.15) is 66.7 Å². The van der Waals surface area contributed by atoms with E-state index in [4.69, 9.17) is 0 Å². The number of carbonyl (C=O) groups excluding carboxylic acids is 1. The number of aliphatic hydroxyl groups excluding tert-OH is 6. The molecule has 0 unspecified atom stereocenters. The van der Waals surface area contributed by atoms with E-state index in [-0.39, 0.29) is 48.4 Å². The van der Waals surface area contributed by atoms with Crippen LogP contribution in [0.15, 0.2) is 12.2 Å². The summed E-state index contributed by atoms with van der Waals surface area (Å²) in [4.78, 5) is 14.1. The minimum Gasteiger partial charge on any atom is -0.396 e. The fraction of sp³-hybridized carbons (Fsp3) is 0.893. The first-order valence-corrected chi connectivity index (χ1v) is 13.5.